The molecule has 0 N–H and O–H groups in total. The molecule has 0 saturated heterocycles. The summed E-state index contributed by atoms with van der Waals surface area (Å²) in [5.74, 6) is 0.0532. The van der Waals surface area contributed by atoms with E-state index < -0.39 is 0 Å². The van der Waals surface area contributed by atoms with Crippen LogP contribution in [0.25, 0.3) is 0 Å². The van der Waals surface area contributed by atoms with E-state index in [1.165, 1.54) is 0 Å². The maximum absolute atomic E-state index is 12.3. The van der Waals surface area contributed by atoms with Crippen molar-refractivity contribution in [3.05, 3.63) is 55.7 Å². The molecule has 0 saturated carbocycles. The van der Waals surface area contributed by atoms with E-state index in [0.717, 1.165) is 20.9 Å². The quantitative estimate of drug-likeness (QED) is 0.727. The monoisotopic (exact) mass is 264 g/mol. The van der Waals surface area contributed by atoms with Gasteiger partial charge in [-0.15, -0.1) is 11.3 Å². The second-order valence-electron chi connectivity index (χ2n) is 4.17. The van der Waals surface area contributed by atoms with E-state index in [2.05, 4.69) is 0 Å². The van der Waals surface area contributed by atoms with E-state index in [1.54, 1.807) is 17.4 Å². The summed E-state index contributed by atoms with van der Waals surface area (Å²) in [4.78, 5) is 14.6. The van der Waals surface area contributed by atoms with E-state index in [0.29, 0.717) is 10.6 Å². The highest BCUT2D eigenvalue weighted by atomic mass is 35.5. The van der Waals surface area contributed by atoms with E-state index in [9.17, 15) is 4.79 Å². The van der Waals surface area contributed by atoms with Gasteiger partial charge in [0.1, 0.15) is 0 Å². The molecule has 0 spiro atoms. The third-order valence-electron chi connectivity index (χ3n) is 2.59. The minimum atomic E-state index is 0.0532. The minimum absolute atomic E-state index is 0.0532. The Hall–Kier alpha value is -1.12. The molecule has 0 aliphatic carbocycles. The van der Waals surface area contributed by atoms with Crippen LogP contribution in [0, 0.1) is 20.8 Å². The topological polar surface area (TPSA) is 17.1 Å². The van der Waals surface area contributed by atoms with Crippen LogP contribution in [0.15, 0.2) is 24.3 Å². The van der Waals surface area contributed by atoms with Crippen LogP contribution in [0.2, 0.25) is 5.02 Å². The number of hydrogen-bond donors (Lipinski definition) is 0. The molecule has 3 heteroatoms. The van der Waals surface area contributed by atoms with Crippen LogP contribution in [0.3, 0.4) is 0 Å². The molecule has 2 aromatic rings. The summed E-state index contributed by atoms with van der Waals surface area (Å²) < 4.78 is 0. The molecule has 0 bridgehead atoms. The molecule has 17 heavy (non-hydrogen) atoms. The summed E-state index contributed by atoms with van der Waals surface area (Å²) in [7, 11) is 0. The molecule has 0 aliphatic heterocycles. The lowest BCUT2D eigenvalue weighted by molar-refractivity contribution is 0.103. The van der Waals surface area contributed by atoms with Crippen LogP contribution in [0.4, 0.5) is 0 Å². The molecule has 0 fully saturated rings. The van der Waals surface area contributed by atoms with Crippen molar-refractivity contribution in [3.8, 4) is 0 Å². The van der Waals surface area contributed by atoms with E-state index in [-0.39, 0.29) is 5.78 Å². The molecule has 0 amide bonds. The van der Waals surface area contributed by atoms with Crippen molar-refractivity contribution in [2.75, 3.05) is 0 Å². The van der Waals surface area contributed by atoms with Crippen molar-refractivity contribution >= 4 is 28.7 Å². The fourth-order valence-corrected chi connectivity index (χ4v) is 3.09. The van der Waals surface area contributed by atoms with Crippen LogP contribution in [0.1, 0.15) is 31.2 Å². The van der Waals surface area contributed by atoms with Gasteiger partial charge in [0.2, 0.25) is 0 Å². The number of benzene rings is 1. The van der Waals surface area contributed by atoms with Gasteiger partial charge in [0, 0.05) is 25.9 Å². The van der Waals surface area contributed by atoms with E-state index in [4.69, 9.17) is 11.6 Å². The molecule has 1 aromatic heterocycles. The zero-order valence-corrected chi connectivity index (χ0v) is 11.6. The Labute approximate surface area is 110 Å². The van der Waals surface area contributed by atoms with E-state index in [1.807, 2.05) is 39.0 Å². The van der Waals surface area contributed by atoms with Crippen LogP contribution < -0.4 is 0 Å². The Kier molecular flexibility index (Phi) is 3.36. The van der Waals surface area contributed by atoms with Gasteiger partial charge in [-0.05, 0) is 50.6 Å². The lowest BCUT2D eigenvalue weighted by Crippen LogP contribution is -2.01. The van der Waals surface area contributed by atoms with Crippen molar-refractivity contribution in [3.63, 3.8) is 0 Å². The van der Waals surface area contributed by atoms with Crippen molar-refractivity contribution in [2.24, 2.45) is 0 Å². The number of rotatable bonds is 2. The summed E-state index contributed by atoms with van der Waals surface area (Å²) in [6.45, 7) is 5.92. The highest BCUT2D eigenvalue weighted by Crippen LogP contribution is 2.25. The number of halogens is 1. The normalized spacial score (nSPS) is 10.6. The largest absolute Gasteiger partial charge is 0.289 e. The third kappa shape index (κ3) is 2.59. The first-order chi connectivity index (χ1) is 7.97. The number of carbonyl (C=O) groups excluding carboxylic acids is 1. The molecular weight excluding hydrogens is 252 g/mol. The number of thiophene rings is 1. The molecule has 0 radical (unpaired) electrons. The molecule has 0 unspecified atom stereocenters. The highest BCUT2D eigenvalue weighted by Gasteiger charge is 2.14. The zero-order chi connectivity index (χ0) is 12.6. The maximum Gasteiger partial charge on any atom is 0.194 e. The highest BCUT2D eigenvalue weighted by molar-refractivity contribution is 7.12. The average molecular weight is 265 g/mol. The maximum atomic E-state index is 12.3. The summed E-state index contributed by atoms with van der Waals surface area (Å²) in [6, 6.07) is 7.40. The molecular formula is C14H13ClOS. The Bertz CT molecular complexity index is 564. The molecule has 1 heterocycles. The summed E-state index contributed by atoms with van der Waals surface area (Å²) >= 11 is 7.62. The van der Waals surface area contributed by atoms with Gasteiger partial charge in [0.15, 0.2) is 5.78 Å². The molecule has 88 valence electrons. The Balaban J connectivity index is 2.47. The molecule has 0 atom stereocenters. The van der Waals surface area contributed by atoms with Gasteiger partial charge in [0.25, 0.3) is 0 Å². The van der Waals surface area contributed by atoms with Gasteiger partial charge in [-0.25, -0.2) is 0 Å². The van der Waals surface area contributed by atoms with Crippen molar-refractivity contribution in [1.29, 1.82) is 0 Å². The lowest BCUT2D eigenvalue weighted by atomic mass is 10.0. The third-order valence-corrected chi connectivity index (χ3v) is 3.77. The SMILES string of the molecule is Cc1cc(Cl)cc(C(=O)c2cc(C)sc2C)c1. The summed E-state index contributed by atoms with van der Waals surface area (Å²) in [5.41, 5.74) is 2.45. The second kappa shape index (κ2) is 4.63. The van der Waals surface area contributed by atoms with Crippen molar-refractivity contribution in [1.82, 2.24) is 0 Å². The van der Waals surface area contributed by atoms with Gasteiger partial charge in [-0.2, -0.15) is 0 Å². The van der Waals surface area contributed by atoms with Gasteiger partial charge >= 0.3 is 0 Å². The van der Waals surface area contributed by atoms with Gasteiger partial charge in [0.05, 0.1) is 0 Å². The Morgan fingerprint density at radius 3 is 2.35 bits per heavy atom. The first-order valence-electron chi connectivity index (χ1n) is 5.36. The Morgan fingerprint density at radius 2 is 1.82 bits per heavy atom. The van der Waals surface area contributed by atoms with E-state index >= 15 is 0 Å². The Morgan fingerprint density at radius 1 is 1.12 bits per heavy atom. The number of hydrogen-bond acceptors (Lipinski definition) is 2. The molecule has 0 aliphatic rings. The zero-order valence-electron chi connectivity index (χ0n) is 10.0. The van der Waals surface area contributed by atoms with Gasteiger partial charge in [-0.3, -0.25) is 4.79 Å². The van der Waals surface area contributed by atoms with Crippen LogP contribution in [-0.4, -0.2) is 5.78 Å². The summed E-state index contributed by atoms with van der Waals surface area (Å²) in [6.07, 6.45) is 0. The smallest absolute Gasteiger partial charge is 0.194 e. The predicted octanol–water partition coefficient (Wildman–Crippen LogP) is 4.56. The lowest BCUT2D eigenvalue weighted by Gasteiger charge is -2.03. The van der Waals surface area contributed by atoms with Gasteiger partial charge < -0.3 is 0 Å². The average Bonchev–Trinajstić information content (AvgIpc) is 2.55. The fraction of sp³-hybridized carbons (Fsp3) is 0.214. The van der Waals surface area contributed by atoms with Crippen molar-refractivity contribution < 1.29 is 4.79 Å². The number of ketones is 1. The van der Waals surface area contributed by atoms with Crippen LogP contribution >= 0.6 is 22.9 Å². The summed E-state index contributed by atoms with van der Waals surface area (Å²) in [5, 5.41) is 0.609. The predicted molar refractivity (Wildman–Crippen MR) is 73.4 cm³/mol. The molecule has 1 nitrogen and oxygen atoms in total. The van der Waals surface area contributed by atoms with Crippen LogP contribution in [0.5, 0.6) is 0 Å². The standard InChI is InChI=1S/C14H13ClOS/c1-8-4-11(7-12(15)5-8)14(16)13-6-9(2)17-10(13)3/h4-7H,1-3H3. The fourth-order valence-electron chi connectivity index (χ4n) is 1.88. The minimum Gasteiger partial charge on any atom is -0.289 e. The number of carbonyl (C=O) groups is 1. The number of aryl methyl sites for hydroxylation is 3. The molecule has 2 rings (SSSR count). The molecule has 1 aromatic carbocycles. The first kappa shape index (κ1) is 12.3. The first-order valence-corrected chi connectivity index (χ1v) is 6.56. The second-order valence-corrected chi connectivity index (χ2v) is 6.07. The van der Waals surface area contributed by atoms with Crippen LogP contribution in [-0.2, 0) is 0 Å². The van der Waals surface area contributed by atoms with Gasteiger partial charge in [-0.1, -0.05) is 11.6 Å². The van der Waals surface area contributed by atoms with Crippen molar-refractivity contribution in [2.45, 2.75) is 20.8 Å².